The van der Waals surface area contributed by atoms with Crippen LogP contribution in [0.3, 0.4) is 0 Å². The van der Waals surface area contributed by atoms with Crippen molar-refractivity contribution in [3.8, 4) is 0 Å². The van der Waals surface area contributed by atoms with E-state index in [2.05, 4.69) is 0 Å². The zero-order valence-electron chi connectivity index (χ0n) is 12.0. The summed E-state index contributed by atoms with van der Waals surface area (Å²) in [6.07, 6.45) is 0.507. The number of nitrogens with two attached hydrogens (primary N) is 1. The number of amides is 1. The maximum atomic E-state index is 12.9. The van der Waals surface area contributed by atoms with Crippen LogP contribution in [0, 0.1) is 5.82 Å². The lowest BCUT2D eigenvalue weighted by atomic mass is 10.1. The van der Waals surface area contributed by atoms with Crippen molar-refractivity contribution in [3.63, 3.8) is 0 Å². The molecule has 2 aromatic carbocycles. The second-order valence-corrected chi connectivity index (χ2v) is 5.12. The van der Waals surface area contributed by atoms with Crippen LogP contribution in [0.5, 0.6) is 0 Å². The summed E-state index contributed by atoms with van der Waals surface area (Å²) in [6.45, 7) is 0.418. The van der Waals surface area contributed by atoms with Gasteiger partial charge in [0.05, 0.1) is 6.04 Å². The minimum Gasteiger partial charge on any atom is -0.340 e. The molecule has 1 amide bonds. The van der Waals surface area contributed by atoms with E-state index in [1.807, 2.05) is 30.3 Å². The fourth-order valence-corrected chi connectivity index (χ4v) is 2.18. The highest BCUT2D eigenvalue weighted by Crippen LogP contribution is 2.08. The lowest BCUT2D eigenvalue weighted by Gasteiger charge is -2.21. The Morgan fingerprint density at radius 2 is 1.71 bits per heavy atom. The van der Waals surface area contributed by atoms with Gasteiger partial charge in [-0.3, -0.25) is 4.79 Å². The van der Waals surface area contributed by atoms with Gasteiger partial charge >= 0.3 is 0 Å². The molecule has 0 aliphatic carbocycles. The third kappa shape index (κ3) is 4.39. The number of benzene rings is 2. The molecule has 0 saturated heterocycles. The molecule has 0 saturated carbocycles. The van der Waals surface area contributed by atoms with E-state index < -0.39 is 6.04 Å². The Balaban J connectivity index is 1.93. The molecule has 2 aromatic rings. The van der Waals surface area contributed by atoms with E-state index in [9.17, 15) is 9.18 Å². The Bertz CT molecular complexity index is 583. The normalized spacial score (nSPS) is 12.0. The Morgan fingerprint density at radius 3 is 2.33 bits per heavy atom. The second kappa shape index (κ2) is 6.99. The first-order chi connectivity index (χ1) is 10.1. The van der Waals surface area contributed by atoms with Gasteiger partial charge in [0.1, 0.15) is 5.82 Å². The first-order valence-corrected chi connectivity index (χ1v) is 6.85. The van der Waals surface area contributed by atoms with Gasteiger partial charge in [-0.1, -0.05) is 42.5 Å². The highest BCUT2D eigenvalue weighted by molar-refractivity contribution is 5.81. The summed E-state index contributed by atoms with van der Waals surface area (Å²) in [7, 11) is 1.70. The van der Waals surface area contributed by atoms with E-state index in [1.165, 1.54) is 12.1 Å². The smallest absolute Gasteiger partial charge is 0.239 e. The van der Waals surface area contributed by atoms with Gasteiger partial charge in [-0.2, -0.15) is 0 Å². The molecule has 2 rings (SSSR count). The minimum atomic E-state index is -0.571. The molecule has 0 heterocycles. The van der Waals surface area contributed by atoms with Crippen molar-refractivity contribution < 1.29 is 9.18 Å². The zero-order valence-corrected chi connectivity index (χ0v) is 12.0. The molecule has 110 valence electrons. The van der Waals surface area contributed by atoms with Gasteiger partial charge in [0.15, 0.2) is 0 Å². The Hall–Kier alpha value is -2.20. The number of hydrogen-bond acceptors (Lipinski definition) is 2. The number of halogens is 1. The summed E-state index contributed by atoms with van der Waals surface area (Å²) in [5, 5.41) is 0. The Kier molecular flexibility index (Phi) is 5.06. The highest BCUT2D eigenvalue weighted by Gasteiger charge is 2.18. The van der Waals surface area contributed by atoms with Crippen LogP contribution >= 0.6 is 0 Å². The fourth-order valence-electron chi connectivity index (χ4n) is 2.18. The van der Waals surface area contributed by atoms with Crippen molar-refractivity contribution in [2.45, 2.75) is 19.0 Å². The maximum absolute atomic E-state index is 12.9. The molecule has 0 aliphatic rings. The van der Waals surface area contributed by atoms with Crippen molar-refractivity contribution in [3.05, 3.63) is 71.5 Å². The molecular formula is C17H19FN2O. The molecule has 0 bridgehead atoms. The predicted octanol–water partition coefficient (Wildman–Crippen LogP) is 2.35. The van der Waals surface area contributed by atoms with Gasteiger partial charge in [-0.15, -0.1) is 0 Å². The van der Waals surface area contributed by atoms with Crippen LogP contribution in [-0.4, -0.2) is 23.9 Å². The van der Waals surface area contributed by atoms with E-state index in [-0.39, 0.29) is 11.7 Å². The first-order valence-electron chi connectivity index (χ1n) is 6.85. The van der Waals surface area contributed by atoms with Crippen LogP contribution < -0.4 is 5.73 Å². The van der Waals surface area contributed by atoms with Gasteiger partial charge in [0.2, 0.25) is 5.91 Å². The summed E-state index contributed by atoms with van der Waals surface area (Å²) in [6, 6.07) is 15.2. The van der Waals surface area contributed by atoms with Crippen molar-refractivity contribution in [2.75, 3.05) is 7.05 Å². The number of rotatable bonds is 5. The second-order valence-electron chi connectivity index (χ2n) is 5.12. The van der Waals surface area contributed by atoms with Crippen LogP contribution in [0.1, 0.15) is 11.1 Å². The summed E-state index contributed by atoms with van der Waals surface area (Å²) in [5.41, 5.74) is 7.89. The number of carbonyl (C=O) groups is 1. The summed E-state index contributed by atoms with van der Waals surface area (Å²) in [4.78, 5) is 13.8. The zero-order chi connectivity index (χ0) is 15.2. The van der Waals surface area contributed by atoms with Gasteiger partial charge in [-0.05, 0) is 29.7 Å². The molecule has 0 spiro atoms. The quantitative estimate of drug-likeness (QED) is 0.917. The van der Waals surface area contributed by atoms with Crippen LogP contribution in [0.25, 0.3) is 0 Å². The van der Waals surface area contributed by atoms with Gasteiger partial charge in [0, 0.05) is 13.6 Å². The molecular weight excluding hydrogens is 267 g/mol. The standard InChI is InChI=1S/C17H19FN2O/c1-20(12-14-7-9-15(18)10-8-14)17(21)16(19)11-13-5-3-2-4-6-13/h2-10,16H,11-12,19H2,1H3/t16-/m1/s1. The lowest BCUT2D eigenvalue weighted by Crippen LogP contribution is -2.42. The van der Waals surface area contributed by atoms with E-state index in [1.54, 1.807) is 24.1 Å². The van der Waals surface area contributed by atoms with Crippen LogP contribution in [0.15, 0.2) is 54.6 Å². The molecule has 0 fully saturated rings. The maximum Gasteiger partial charge on any atom is 0.239 e. The molecule has 0 aromatic heterocycles. The lowest BCUT2D eigenvalue weighted by molar-refractivity contribution is -0.131. The molecule has 0 unspecified atom stereocenters. The molecule has 4 heteroatoms. The average molecular weight is 286 g/mol. The van der Waals surface area contributed by atoms with E-state index in [4.69, 9.17) is 5.73 Å². The molecule has 1 atom stereocenters. The molecule has 2 N–H and O–H groups in total. The van der Waals surface area contributed by atoms with E-state index in [0.717, 1.165) is 11.1 Å². The van der Waals surface area contributed by atoms with Gasteiger partial charge in [0.25, 0.3) is 0 Å². The fraction of sp³-hybridized carbons (Fsp3) is 0.235. The van der Waals surface area contributed by atoms with Gasteiger partial charge < -0.3 is 10.6 Å². The number of hydrogen-bond donors (Lipinski definition) is 1. The SMILES string of the molecule is CN(Cc1ccc(F)cc1)C(=O)[C@H](N)Cc1ccccc1. The van der Waals surface area contributed by atoms with Crippen LogP contribution in [-0.2, 0) is 17.8 Å². The molecule has 21 heavy (non-hydrogen) atoms. The largest absolute Gasteiger partial charge is 0.340 e. The van der Waals surface area contributed by atoms with Crippen molar-refractivity contribution >= 4 is 5.91 Å². The molecule has 0 aliphatic heterocycles. The number of likely N-dealkylation sites (N-methyl/N-ethyl adjacent to an activating group) is 1. The predicted molar refractivity (Wildman–Crippen MR) is 81.0 cm³/mol. The Morgan fingerprint density at radius 1 is 1.10 bits per heavy atom. The van der Waals surface area contributed by atoms with E-state index in [0.29, 0.717) is 13.0 Å². The monoisotopic (exact) mass is 286 g/mol. The van der Waals surface area contributed by atoms with E-state index >= 15 is 0 Å². The Labute approximate surface area is 124 Å². The van der Waals surface area contributed by atoms with Crippen LogP contribution in [0.4, 0.5) is 4.39 Å². The van der Waals surface area contributed by atoms with Crippen molar-refractivity contribution in [1.82, 2.24) is 4.90 Å². The topological polar surface area (TPSA) is 46.3 Å². The average Bonchev–Trinajstić information content (AvgIpc) is 2.49. The van der Waals surface area contributed by atoms with Gasteiger partial charge in [-0.25, -0.2) is 4.39 Å². The van der Waals surface area contributed by atoms with Crippen molar-refractivity contribution in [1.29, 1.82) is 0 Å². The first kappa shape index (κ1) is 15.2. The summed E-state index contributed by atoms with van der Waals surface area (Å²) < 4.78 is 12.9. The summed E-state index contributed by atoms with van der Waals surface area (Å²) >= 11 is 0. The summed E-state index contributed by atoms with van der Waals surface area (Å²) in [5.74, 6) is -0.406. The number of carbonyl (C=O) groups excluding carboxylic acids is 1. The van der Waals surface area contributed by atoms with Crippen LogP contribution in [0.2, 0.25) is 0 Å². The highest BCUT2D eigenvalue weighted by atomic mass is 19.1. The third-order valence-electron chi connectivity index (χ3n) is 3.32. The number of nitrogens with zero attached hydrogens (tertiary/aromatic N) is 1. The molecule has 3 nitrogen and oxygen atoms in total. The minimum absolute atomic E-state index is 0.122. The molecule has 0 radical (unpaired) electrons. The third-order valence-corrected chi connectivity index (χ3v) is 3.32. The van der Waals surface area contributed by atoms with Crippen molar-refractivity contribution in [2.24, 2.45) is 5.73 Å².